The van der Waals surface area contributed by atoms with E-state index in [4.69, 9.17) is 0 Å². The Balaban J connectivity index is 1.92. The van der Waals surface area contributed by atoms with Gasteiger partial charge in [0.05, 0.1) is 5.92 Å². The zero-order valence-electron chi connectivity index (χ0n) is 14.6. The minimum Gasteiger partial charge on any atom is -0.481 e. The predicted molar refractivity (Wildman–Crippen MR) is 93.9 cm³/mol. The molecule has 0 aliphatic carbocycles. The van der Waals surface area contributed by atoms with E-state index in [0.29, 0.717) is 25.8 Å². The van der Waals surface area contributed by atoms with Gasteiger partial charge in [0.1, 0.15) is 6.04 Å². The van der Waals surface area contributed by atoms with Crippen molar-refractivity contribution in [1.29, 1.82) is 0 Å². The summed E-state index contributed by atoms with van der Waals surface area (Å²) >= 11 is 0. The molecule has 2 amide bonds. The van der Waals surface area contributed by atoms with Crippen LogP contribution in [0.15, 0.2) is 30.3 Å². The summed E-state index contributed by atoms with van der Waals surface area (Å²) < 4.78 is 0. The number of carboxylic acids is 1. The average Bonchev–Trinajstić information content (AvgIpc) is 3.09. The minimum atomic E-state index is -0.936. The van der Waals surface area contributed by atoms with Crippen LogP contribution in [0.1, 0.15) is 38.2 Å². The molecule has 6 nitrogen and oxygen atoms in total. The second-order valence-corrected chi connectivity index (χ2v) is 6.47. The molecule has 0 bridgehead atoms. The first-order valence-electron chi connectivity index (χ1n) is 8.86. The first-order valence-corrected chi connectivity index (χ1v) is 8.86. The Morgan fingerprint density at radius 3 is 2.64 bits per heavy atom. The summed E-state index contributed by atoms with van der Waals surface area (Å²) in [6.07, 6.45) is 2.99. The molecular formula is C19H26N2O4. The van der Waals surface area contributed by atoms with Crippen LogP contribution < -0.4 is 5.32 Å². The maximum absolute atomic E-state index is 12.4. The van der Waals surface area contributed by atoms with Gasteiger partial charge in [-0.25, -0.2) is 0 Å². The first-order chi connectivity index (χ1) is 12.0. The Labute approximate surface area is 148 Å². The van der Waals surface area contributed by atoms with Crippen LogP contribution in [0.5, 0.6) is 0 Å². The summed E-state index contributed by atoms with van der Waals surface area (Å²) in [6.45, 7) is 2.60. The van der Waals surface area contributed by atoms with E-state index in [-0.39, 0.29) is 18.4 Å². The third-order valence-electron chi connectivity index (χ3n) is 4.54. The fourth-order valence-corrected chi connectivity index (χ4v) is 3.18. The van der Waals surface area contributed by atoms with Gasteiger partial charge in [-0.05, 0) is 31.2 Å². The lowest BCUT2D eigenvalue weighted by Crippen LogP contribution is -2.47. The second kappa shape index (κ2) is 9.20. The molecule has 0 aromatic heterocycles. The number of nitrogens with zero attached hydrogens (tertiary/aromatic N) is 1. The number of carboxylic acid groups (broad SMARTS) is 1. The molecular weight excluding hydrogens is 320 g/mol. The van der Waals surface area contributed by atoms with Crippen molar-refractivity contribution in [3.63, 3.8) is 0 Å². The highest BCUT2D eigenvalue weighted by Crippen LogP contribution is 2.19. The van der Waals surface area contributed by atoms with Gasteiger partial charge in [0, 0.05) is 19.5 Å². The molecule has 0 spiro atoms. The van der Waals surface area contributed by atoms with E-state index in [1.54, 1.807) is 4.90 Å². The first kappa shape index (κ1) is 19.0. The number of aliphatic carboxylic acids is 1. The number of carbonyl (C=O) groups is 3. The van der Waals surface area contributed by atoms with Gasteiger partial charge >= 0.3 is 5.97 Å². The average molecular weight is 346 g/mol. The van der Waals surface area contributed by atoms with Crippen molar-refractivity contribution in [2.75, 3.05) is 13.1 Å². The molecule has 0 radical (unpaired) electrons. The van der Waals surface area contributed by atoms with Gasteiger partial charge in [0.25, 0.3) is 0 Å². The lowest BCUT2D eigenvalue weighted by Gasteiger charge is -2.24. The van der Waals surface area contributed by atoms with Crippen molar-refractivity contribution >= 4 is 17.8 Å². The summed E-state index contributed by atoms with van der Waals surface area (Å²) in [5.41, 5.74) is 0.921. The van der Waals surface area contributed by atoms with Gasteiger partial charge in [-0.15, -0.1) is 0 Å². The molecule has 1 heterocycles. The Kier molecular flexibility index (Phi) is 6.98. The van der Waals surface area contributed by atoms with E-state index in [2.05, 4.69) is 5.32 Å². The Morgan fingerprint density at radius 2 is 2.00 bits per heavy atom. The third-order valence-corrected chi connectivity index (χ3v) is 4.54. The molecule has 2 unspecified atom stereocenters. The van der Waals surface area contributed by atoms with Gasteiger partial charge < -0.3 is 15.3 Å². The van der Waals surface area contributed by atoms with Gasteiger partial charge in [-0.3, -0.25) is 14.4 Å². The van der Waals surface area contributed by atoms with Crippen LogP contribution in [0.3, 0.4) is 0 Å². The quantitative estimate of drug-likeness (QED) is 0.752. The van der Waals surface area contributed by atoms with Crippen LogP contribution in [0.25, 0.3) is 0 Å². The van der Waals surface area contributed by atoms with Crippen LogP contribution in [0.4, 0.5) is 0 Å². The molecule has 6 heteroatoms. The summed E-state index contributed by atoms with van der Waals surface area (Å²) in [6, 6.07) is 8.89. The molecule has 1 aliphatic heterocycles. The summed E-state index contributed by atoms with van der Waals surface area (Å²) in [5.74, 6) is -1.87. The molecule has 0 saturated carbocycles. The Morgan fingerprint density at radius 1 is 1.28 bits per heavy atom. The molecule has 2 atom stereocenters. The fraction of sp³-hybridized carbons (Fsp3) is 0.526. The number of amides is 2. The van der Waals surface area contributed by atoms with Crippen LogP contribution in [0.2, 0.25) is 0 Å². The van der Waals surface area contributed by atoms with Crippen molar-refractivity contribution in [1.82, 2.24) is 10.2 Å². The highest BCUT2D eigenvalue weighted by atomic mass is 16.4. The largest absolute Gasteiger partial charge is 0.481 e. The van der Waals surface area contributed by atoms with Crippen LogP contribution >= 0.6 is 0 Å². The van der Waals surface area contributed by atoms with Crippen molar-refractivity contribution in [3.8, 4) is 0 Å². The SMILES string of the molecule is CCCC(=O)N1CCCC1C(=O)NCC(Cc1ccccc1)C(=O)O. The van der Waals surface area contributed by atoms with E-state index in [0.717, 1.165) is 18.4 Å². The highest BCUT2D eigenvalue weighted by molar-refractivity contribution is 5.88. The molecule has 1 saturated heterocycles. The standard InChI is InChI=1S/C19H26N2O4/c1-2-7-17(22)21-11-6-10-16(21)18(23)20-13-15(19(24)25)12-14-8-4-3-5-9-14/h3-5,8-9,15-16H,2,6-7,10-13H2,1H3,(H,20,23)(H,24,25). The summed E-state index contributed by atoms with van der Waals surface area (Å²) in [7, 11) is 0. The number of carbonyl (C=O) groups excluding carboxylic acids is 2. The lowest BCUT2D eigenvalue weighted by atomic mass is 9.99. The smallest absolute Gasteiger partial charge is 0.308 e. The third kappa shape index (κ3) is 5.31. The van der Waals surface area contributed by atoms with Crippen LogP contribution in [0, 0.1) is 5.92 Å². The van der Waals surface area contributed by atoms with Crippen LogP contribution in [-0.4, -0.2) is 46.9 Å². The zero-order chi connectivity index (χ0) is 18.2. The molecule has 1 aromatic carbocycles. The van der Waals surface area contributed by atoms with Crippen molar-refractivity contribution in [2.24, 2.45) is 5.92 Å². The zero-order valence-corrected chi connectivity index (χ0v) is 14.6. The maximum Gasteiger partial charge on any atom is 0.308 e. The van der Waals surface area contributed by atoms with Crippen molar-refractivity contribution in [2.45, 2.75) is 45.1 Å². The van der Waals surface area contributed by atoms with Gasteiger partial charge in [-0.2, -0.15) is 0 Å². The normalized spacial score (nSPS) is 18.0. The molecule has 136 valence electrons. The lowest BCUT2D eigenvalue weighted by molar-refractivity contribution is -0.142. The Hall–Kier alpha value is -2.37. The molecule has 2 rings (SSSR count). The molecule has 1 aromatic rings. The molecule has 25 heavy (non-hydrogen) atoms. The van der Waals surface area contributed by atoms with E-state index >= 15 is 0 Å². The number of likely N-dealkylation sites (tertiary alicyclic amines) is 1. The van der Waals surface area contributed by atoms with E-state index in [1.807, 2.05) is 37.3 Å². The number of nitrogens with one attached hydrogen (secondary N) is 1. The van der Waals surface area contributed by atoms with E-state index < -0.39 is 17.9 Å². The minimum absolute atomic E-state index is 0.000722. The molecule has 1 fully saturated rings. The number of rotatable bonds is 8. The topological polar surface area (TPSA) is 86.7 Å². The summed E-state index contributed by atoms with van der Waals surface area (Å²) in [4.78, 5) is 37.7. The maximum atomic E-state index is 12.4. The van der Waals surface area contributed by atoms with Crippen molar-refractivity contribution < 1.29 is 19.5 Å². The highest BCUT2D eigenvalue weighted by Gasteiger charge is 2.33. The van der Waals surface area contributed by atoms with E-state index in [1.165, 1.54) is 0 Å². The molecule has 1 aliphatic rings. The van der Waals surface area contributed by atoms with Crippen molar-refractivity contribution in [3.05, 3.63) is 35.9 Å². The fourth-order valence-electron chi connectivity index (χ4n) is 3.18. The summed E-state index contributed by atoms with van der Waals surface area (Å²) in [5, 5.41) is 12.1. The number of hydrogen-bond donors (Lipinski definition) is 2. The number of benzene rings is 1. The monoisotopic (exact) mass is 346 g/mol. The van der Waals surface area contributed by atoms with Gasteiger partial charge in [0.15, 0.2) is 0 Å². The Bertz CT molecular complexity index is 603. The van der Waals surface area contributed by atoms with Gasteiger partial charge in [-0.1, -0.05) is 37.3 Å². The van der Waals surface area contributed by atoms with Crippen LogP contribution in [-0.2, 0) is 20.8 Å². The van der Waals surface area contributed by atoms with E-state index in [9.17, 15) is 19.5 Å². The molecule has 2 N–H and O–H groups in total. The predicted octanol–water partition coefficient (Wildman–Crippen LogP) is 1.84. The van der Waals surface area contributed by atoms with Gasteiger partial charge in [0.2, 0.25) is 11.8 Å². The second-order valence-electron chi connectivity index (χ2n) is 6.47. The number of hydrogen-bond acceptors (Lipinski definition) is 3.